The molecule has 1 aliphatic heterocycles. The first-order valence-corrected chi connectivity index (χ1v) is 7.84. The Labute approximate surface area is 127 Å². The van der Waals surface area contributed by atoms with Crippen LogP contribution in [0.25, 0.3) is 0 Å². The summed E-state index contributed by atoms with van der Waals surface area (Å²) >= 11 is 0. The largest absolute Gasteiger partial charge is 0.486 e. The molecule has 0 bridgehead atoms. The number of ether oxygens (including phenoxy) is 1. The number of benzene rings is 1. The summed E-state index contributed by atoms with van der Waals surface area (Å²) < 4.78 is 5.94. The van der Waals surface area contributed by atoms with Crippen LogP contribution < -0.4 is 15.0 Å². The van der Waals surface area contributed by atoms with Crippen molar-refractivity contribution in [2.24, 2.45) is 5.92 Å². The standard InChI is InChI=1S/C17H26N2O2/c1-5-14-11-19(17(20)18-9-8-12(2)3)15-10-13(4)6-7-16(15)21-14/h6-7,10,12,14H,5,8-9,11H2,1-4H3,(H,18,20). The maximum Gasteiger partial charge on any atom is 0.322 e. The quantitative estimate of drug-likeness (QED) is 0.918. The van der Waals surface area contributed by atoms with Gasteiger partial charge < -0.3 is 10.1 Å². The second-order valence-corrected chi connectivity index (χ2v) is 6.14. The van der Waals surface area contributed by atoms with Crippen molar-refractivity contribution in [2.45, 2.75) is 46.6 Å². The summed E-state index contributed by atoms with van der Waals surface area (Å²) in [5.41, 5.74) is 2.01. The molecule has 4 heteroatoms. The number of carbonyl (C=O) groups excluding carboxylic acids is 1. The van der Waals surface area contributed by atoms with Crippen molar-refractivity contribution in [3.8, 4) is 5.75 Å². The summed E-state index contributed by atoms with van der Waals surface area (Å²) in [6.45, 7) is 9.76. The fraction of sp³-hybridized carbons (Fsp3) is 0.588. The second kappa shape index (κ2) is 6.83. The Hall–Kier alpha value is -1.71. The van der Waals surface area contributed by atoms with E-state index in [-0.39, 0.29) is 12.1 Å². The lowest BCUT2D eigenvalue weighted by molar-refractivity contribution is 0.186. The number of carbonyl (C=O) groups is 1. The summed E-state index contributed by atoms with van der Waals surface area (Å²) in [4.78, 5) is 14.3. The van der Waals surface area contributed by atoms with E-state index in [0.717, 1.165) is 29.8 Å². The van der Waals surface area contributed by atoms with Gasteiger partial charge in [-0.25, -0.2) is 4.79 Å². The van der Waals surface area contributed by atoms with Gasteiger partial charge in [0.25, 0.3) is 0 Å². The van der Waals surface area contributed by atoms with Crippen LogP contribution in [0.3, 0.4) is 0 Å². The van der Waals surface area contributed by atoms with E-state index in [1.807, 2.05) is 30.0 Å². The molecule has 4 nitrogen and oxygen atoms in total. The Balaban J connectivity index is 2.14. The summed E-state index contributed by atoms with van der Waals surface area (Å²) in [5.74, 6) is 1.39. The molecule has 116 valence electrons. The van der Waals surface area contributed by atoms with Gasteiger partial charge in [0.2, 0.25) is 0 Å². The van der Waals surface area contributed by atoms with E-state index >= 15 is 0 Å². The van der Waals surface area contributed by atoms with Crippen LogP contribution in [-0.4, -0.2) is 25.2 Å². The van der Waals surface area contributed by atoms with Crippen LogP contribution in [0.15, 0.2) is 18.2 Å². The number of anilines is 1. The molecule has 1 aromatic carbocycles. The van der Waals surface area contributed by atoms with E-state index in [0.29, 0.717) is 19.0 Å². The van der Waals surface area contributed by atoms with Crippen molar-refractivity contribution < 1.29 is 9.53 Å². The monoisotopic (exact) mass is 290 g/mol. The van der Waals surface area contributed by atoms with Crippen molar-refractivity contribution in [3.05, 3.63) is 23.8 Å². The molecule has 1 aliphatic rings. The molecule has 1 N–H and O–H groups in total. The summed E-state index contributed by atoms with van der Waals surface area (Å²) in [5, 5.41) is 3.02. The zero-order valence-electron chi connectivity index (χ0n) is 13.5. The third kappa shape index (κ3) is 3.90. The topological polar surface area (TPSA) is 41.6 Å². The maximum absolute atomic E-state index is 12.5. The Morgan fingerprint density at radius 1 is 1.48 bits per heavy atom. The van der Waals surface area contributed by atoms with Crippen LogP contribution >= 0.6 is 0 Å². The van der Waals surface area contributed by atoms with E-state index < -0.39 is 0 Å². The highest BCUT2D eigenvalue weighted by molar-refractivity contribution is 5.94. The zero-order valence-corrected chi connectivity index (χ0v) is 13.5. The SMILES string of the molecule is CCC1CN(C(=O)NCCC(C)C)c2cc(C)ccc2O1. The fourth-order valence-corrected chi connectivity index (χ4v) is 2.42. The molecular formula is C17H26N2O2. The number of hydrogen-bond donors (Lipinski definition) is 1. The second-order valence-electron chi connectivity index (χ2n) is 6.14. The van der Waals surface area contributed by atoms with Crippen LogP contribution in [-0.2, 0) is 0 Å². The van der Waals surface area contributed by atoms with E-state index in [1.54, 1.807) is 0 Å². The molecule has 0 fully saturated rings. The van der Waals surface area contributed by atoms with Gasteiger partial charge in [-0.3, -0.25) is 4.90 Å². The number of nitrogens with one attached hydrogen (secondary N) is 1. The first kappa shape index (κ1) is 15.7. The number of urea groups is 1. The number of nitrogens with zero attached hydrogens (tertiary/aromatic N) is 1. The molecule has 2 amide bonds. The molecule has 0 aromatic heterocycles. The highest BCUT2D eigenvalue weighted by Crippen LogP contribution is 2.34. The van der Waals surface area contributed by atoms with Gasteiger partial charge in [0.1, 0.15) is 11.9 Å². The minimum absolute atomic E-state index is 0.0238. The molecule has 1 aromatic rings. The van der Waals surface area contributed by atoms with Crippen molar-refractivity contribution in [3.63, 3.8) is 0 Å². The molecular weight excluding hydrogens is 264 g/mol. The first-order valence-electron chi connectivity index (χ1n) is 7.84. The van der Waals surface area contributed by atoms with Crippen LogP contribution in [0, 0.1) is 12.8 Å². The van der Waals surface area contributed by atoms with Gasteiger partial charge in [0.15, 0.2) is 0 Å². The van der Waals surface area contributed by atoms with Crippen LogP contribution in [0.1, 0.15) is 39.2 Å². The van der Waals surface area contributed by atoms with Gasteiger partial charge in [0, 0.05) is 6.54 Å². The normalized spacial score (nSPS) is 17.4. The Morgan fingerprint density at radius 2 is 2.24 bits per heavy atom. The molecule has 21 heavy (non-hydrogen) atoms. The van der Waals surface area contributed by atoms with Gasteiger partial charge in [0.05, 0.1) is 12.2 Å². The van der Waals surface area contributed by atoms with Crippen molar-refractivity contribution in [1.29, 1.82) is 0 Å². The number of rotatable bonds is 4. The van der Waals surface area contributed by atoms with Crippen LogP contribution in [0.5, 0.6) is 5.75 Å². The smallest absolute Gasteiger partial charge is 0.322 e. The lowest BCUT2D eigenvalue weighted by Gasteiger charge is -2.34. The highest BCUT2D eigenvalue weighted by atomic mass is 16.5. The minimum atomic E-state index is -0.0238. The Morgan fingerprint density at radius 3 is 2.90 bits per heavy atom. The Kier molecular flexibility index (Phi) is 5.10. The zero-order chi connectivity index (χ0) is 15.4. The molecule has 2 rings (SSSR count). The van der Waals surface area contributed by atoms with Crippen LogP contribution in [0.2, 0.25) is 0 Å². The number of fused-ring (bicyclic) bond motifs is 1. The summed E-state index contributed by atoms with van der Waals surface area (Å²) in [6.07, 6.45) is 1.95. The predicted octanol–water partition coefficient (Wildman–Crippen LogP) is 3.73. The van der Waals surface area contributed by atoms with Gasteiger partial charge in [-0.2, -0.15) is 0 Å². The Bertz CT molecular complexity index is 500. The average Bonchev–Trinajstić information content (AvgIpc) is 2.45. The molecule has 0 saturated carbocycles. The van der Waals surface area contributed by atoms with E-state index in [4.69, 9.17) is 4.74 Å². The molecule has 0 spiro atoms. The van der Waals surface area contributed by atoms with E-state index in [1.165, 1.54) is 0 Å². The molecule has 1 atom stereocenters. The van der Waals surface area contributed by atoms with Crippen molar-refractivity contribution >= 4 is 11.7 Å². The summed E-state index contributed by atoms with van der Waals surface area (Å²) in [7, 11) is 0. The molecule has 0 saturated heterocycles. The molecule has 0 radical (unpaired) electrons. The molecule has 1 heterocycles. The van der Waals surface area contributed by atoms with Crippen molar-refractivity contribution in [2.75, 3.05) is 18.0 Å². The highest BCUT2D eigenvalue weighted by Gasteiger charge is 2.28. The van der Waals surface area contributed by atoms with Gasteiger partial charge in [-0.05, 0) is 43.4 Å². The molecule has 0 aliphatic carbocycles. The number of aryl methyl sites for hydroxylation is 1. The lowest BCUT2D eigenvalue weighted by Crippen LogP contribution is -2.48. The molecule has 1 unspecified atom stereocenters. The van der Waals surface area contributed by atoms with Crippen LogP contribution in [0.4, 0.5) is 10.5 Å². The number of hydrogen-bond acceptors (Lipinski definition) is 2. The van der Waals surface area contributed by atoms with Gasteiger partial charge >= 0.3 is 6.03 Å². The van der Waals surface area contributed by atoms with Gasteiger partial charge in [-0.15, -0.1) is 0 Å². The summed E-state index contributed by atoms with van der Waals surface area (Å²) in [6, 6.07) is 5.97. The van der Waals surface area contributed by atoms with Crippen molar-refractivity contribution in [1.82, 2.24) is 5.32 Å². The van der Waals surface area contributed by atoms with Gasteiger partial charge in [-0.1, -0.05) is 26.8 Å². The minimum Gasteiger partial charge on any atom is -0.486 e. The van der Waals surface area contributed by atoms with E-state index in [2.05, 4.69) is 26.1 Å². The average molecular weight is 290 g/mol. The third-order valence-electron chi connectivity index (χ3n) is 3.78. The third-order valence-corrected chi connectivity index (χ3v) is 3.78. The predicted molar refractivity (Wildman–Crippen MR) is 86.1 cm³/mol. The lowest BCUT2D eigenvalue weighted by atomic mass is 10.1. The van der Waals surface area contributed by atoms with E-state index in [9.17, 15) is 4.79 Å². The fourth-order valence-electron chi connectivity index (χ4n) is 2.42. The maximum atomic E-state index is 12.5. The first-order chi connectivity index (χ1) is 10.0. The number of amides is 2.